The molecule has 0 spiro atoms. The van der Waals surface area contributed by atoms with Crippen LogP contribution in [0.1, 0.15) is 71.1 Å². The van der Waals surface area contributed by atoms with E-state index in [4.69, 9.17) is 6.42 Å². The highest BCUT2D eigenvalue weighted by Gasteiger charge is 2.62. The minimum atomic E-state index is -0.901. The molecule has 3 fully saturated rings. The van der Waals surface area contributed by atoms with Crippen LogP contribution in [0, 0.1) is 35.5 Å². The van der Waals surface area contributed by atoms with Crippen molar-refractivity contribution in [3.05, 3.63) is 11.1 Å². The molecule has 0 saturated heterocycles. The summed E-state index contributed by atoms with van der Waals surface area (Å²) in [7, 11) is 0. The van der Waals surface area contributed by atoms with Gasteiger partial charge in [0, 0.05) is 18.3 Å². The molecule has 0 bridgehead atoms. The van der Waals surface area contributed by atoms with Gasteiger partial charge in [-0.05, 0) is 69.1 Å². The molecular formula is C21H28O2. The summed E-state index contributed by atoms with van der Waals surface area (Å²) >= 11 is 0. The molecule has 0 radical (unpaired) electrons. The van der Waals surface area contributed by atoms with E-state index >= 15 is 0 Å². The van der Waals surface area contributed by atoms with Crippen molar-refractivity contribution in [3.8, 4) is 12.3 Å². The van der Waals surface area contributed by atoms with Crippen LogP contribution in [-0.2, 0) is 4.79 Å². The molecule has 3 saturated carbocycles. The summed E-state index contributed by atoms with van der Waals surface area (Å²) in [5.41, 5.74) is 2.32. The Bertz CT molecular complexity index is 610. The zero-order valence-electron chi connectivity index (χ0n) is 14.2. The van der Waals surface area contributed by atoms with Crippen molar-refractivity contribution >= 4 is 5.78 Å². The number of hydrogen-bond donors (Lipinski definition) is 1. The Morgan fingerprint density at radius 2 is 2.00 bits per heavy atom. The lowest BCUT2D eigenvalue weighted by molar-refractivity contribution is -0.120. The highest BCUT2D eigenvalue weighted by Crippen LogP contribution is 2.65. The molecular weight excluding hydrogens is 284 g/mol. The van der Waals surface area contributed by atoms with E-state index in [1.165, 1.54) is 12.8 Å². The lowest BCUT2D eigenvalue weighted by Gasteiger charge is -2.52. The highest BCUT2D eigenvalue weighted by atomic mass is 16.3. The van der Waals surface area contributed by atoms with Crippen molar-refractivity contribution in [2.24, 2.45) is 23.2 Å². The molecule has 23 heavy (non-hydrogen) atoms. The van der Waals surface area contributed by atoms with E-state index in [9.17, 15) is 9.90 Å². The average Bonchev–Trinajstić information content (AvgIpc) is 2.88. The Balaban J connectivity index is 1.72. The van der Waals surface area contributed by atoms with Crippen molar-refractivity contribution in [3.63, 3.8) is 0 Å². The molecule has 2 heteroatoms. The predicted molar refractivity (Wildman–Crippen MR) is 90.6 cm³/mol. The first-order chi connectivity index (χ1) is 11.0. The Morgan fingerprint density at radius 3 is 2.74 bits per heavy atom. The van der Waals surface area contributed by atoms with E-state index in [1.54, 1.807) is 11.1 Å². The lowest BCUT2D eigenvalue weighted by atomic mass is 9.52. The molecule has 1 unspecified atom stereocenters. The molecule has 0 aromatic rings. The van der Waals surface area contributed by atoms with Gasteiger partial charge in [-0.2, -0.15) is 0 Å². The number of fused-ring (bicyclic) bond motifs is 4. The highest BCUT2D eigenvalue weighted by molar-refractivity contribution is 5.80. The van der Waals surface area contributed by atoms with Crippen molar-refractivity contribution in [1.29, 1.82) is 0 Å². The van der Waals surface area contributed by atoms with Crippen molar-refractivity contribution in [2.45, 2.75) is 76.7 Å². The van der Waals surface area contributed by atoms with E-state index in [1.807, 2.05) is 0 Å². The number of terminal acetylenes is 1. The van der Waals surface area contributed by atoms with Crippen LogP contribution in [0.15, 0.2) is 11.1 Å². The first-order valence-corrected chi connectivity index (χ1v) is 9.48. The fraction of sp³-hybridized carbons (Fsp3) is 0.762. The molecule has 4 aliphatic rings. The minimum absolute atomic E-state index is 0.0756. The van der Waals surface area contributed by atoms with Crippen molar-refractivity contribution in [1.82, 2.24) is 0 Å². The number of ketones is 1. The fourth-order valence-electron chi connectivity index (χ4n) is 6.74. The third-order valence-electron chi connectivity index (χ3n) is 7.87. The second-order valence-electron chi connectivity index (χ2n) is 8.33. The van der Waals surface area contributed by atoms with Gasteiger partial charge in [-0.25, -0.2) is 0 Å². The van der Waals surface area contributed by atoms with Crippen LogP contribution < -0.4 is 0 Å². The molecule has 1 N–H and O–H groups in total. The maximum absolute atomic E-state index is 11.8. The summed E-state index contributed by atoms with van der Waals surface area (Å²) in [4.78, 5) is 11.8. The standard InChI is InChI=1S/C21H28O2/c1-3-20-11-9-17-16-8-6-15(22)13-14(16)5-7-18(17)19(20)10-12-21(20,23)4-2/h2,14,18-19,23H,3,5-13H2,1H3/t14?,18-,19+,20+,21+/m1/s1. The molecule has 0 heterocycles. The first-order valence-electron chi connectivity index (χ1n) is 9.48. The number of Topliss-reactive ketones (excluding diaryl/α,β-unsaturated/α-hetero) is 1. The van der Waals surface area contributed by atoms with Gasteiger partial charge in [0.15, 0.2) is 0 Å². The monoisotopic (exact) mass is 312 g/mol. The van der Waals surface area contributed by atoms with Crippen LogP contribution in [0.3, 0.4) is 0 Å². The van der Waals surface area contributed by atoms with Gasteiger partial charge in [-0.15, -0.1) is 6.42 Å². The quantitative estimate of drug-likeness (QED) is 0.586. The van der Waals surface area contributed by atoms with Crippen molar-refractivity contribution < 1.29 is 9.90 Å². The molecule has 124 valence electrons. The SMILES string of the molecule is C#C[C@]1(O)CC[C@H]2[C@@H]3CCC4CC(=O)CCC4=C3CC[C@@]21CC. The van der Waals surface area contributed by atoms with Crippen LogP contribution in [-0.4, -0.2) is 16.5 Å². The van der Waals surface area contributed by atoms with Gasteiger partial charge < -0.3 is 5.11 Å². The Kier molecular flexibility index (Phi) is 3.50. The number of rotatable bonds is 1. The molecule has 4 rings (SSSR count). The Labute approximate surface area is 139 Å². The van der Waals surface area contributed by atoms with E-state index in [0.717, 1.165) is 51.4 Å². The summed E-state index contributed by atoms with van der Waals surface area (Å²) in [5, 5.41) is 11.1. The predicted octanol–water partition coefficient (Wildman–Crippen LogP) is 4.03. The summed E-state index contributed by atoms with van der Waals surface area (Å²) in [6.07, 6.45) is 15.6. The second-order valence-corrected chi connectivity index (χ2v) is 8.33. The number of aliphatic hydroxyl groups is 1. The topological polar surface area (TPSA) is 37.3 Å². The lowest BCUT2D eigenvalue weighted by Crippen LogP contribution is -2.50. The van der Waals surface area contributed by atoms with E-state index < -0.39 is 5.60 Å². The van der Waals surface area contributed by atoms with Gasteiger partial charge in [-0.3, -0.25) is 4.79 Å². The summed E-state index contributed by atoms with van der Waals surface area (Å²) in [6.45, 7) is 2.21. The summed E-state index contributed by atoms with van der Waals surface area (Å²) < 4.78 is 0. The number of carbonyl (C=O) groups excluding carboxylic acids is 1. The van der Waals surface area contributed by atoms with Crippen LogP contribution in [0.25, 0.3) is 0 Å². The number of allylic oxidation sites excluding steroid dienone is 2. The largest absolute Gasteiger partial charge is 0.377 e. The zero-order chi connectivity index (χ0) is 16.2. The van der Waals surface area contributed by atoms with Gasteiger partial charge in [0.2, 0.25) is 0 Å². The average molecular weight is 312 g/mol. The van der Waals surface area contributed by atoms with Crippen LogP contribution in [0.2, 0.25) is 0 Å². The Hall–Kier alpha value is -1.07. The summed E-state index contributed by atoms with van der Waals surface area (Å²) in [6, 6.07) is 0. The third-order valence-corrected chi connectivity index (χ3v) is 7.87. The molecule has 4 aliphatic carbocycles. The van der Waals surface area contributed by atoms with E-state index in [-0.39, 0.29) is 5.41 Å². The summed E-state index contributed by atoms with van der Waals surface area (Å²) in [5.74, 6) is 4.93. The molecule has 0 amide bonds. The third kappa shape index (κ3) is 1.96. The molecule has 5 atom stereocenters. The van der Waals surface area contributed by atoms with Gasteiger partial charge in [-0.1, -0.05) is 24.0 Å². The van der Waals surface area contributed by atoms with E-state index in [2.05, 4.69) is 12.8 Å². The van der Waals surface area contributed by atoms with Gasteiger partial charge in [0.25, 0.3) is 0 Å². The number of hydrogen-bond acceptors (Lipinski definition) is 2. The minimum Gasteiger partial charge on any atom is -0.377 e. The molecule has 0 aromatic heterocycles. The number of carbonyl (C=O) groups is 1. The molecule has 0 aliphatic heterocycles. The fourth-order valence-corrected chi connectivity index (χ4v) is 6.74. The van der Waals surface area contributed by atoms with Crippen LogP contribution >= 0.6 is 0 Å². The van der Waals surface area contributed by atoms with E-state index in [0.29, 0.717) is 23.5 Å². The zero-order valence-corrected chi connectivity index (χ0v) is 14.2. The second kappa shape index (κ2) is 5.21. The Morgan fingerprint density at radius 1 is 1.17 bits per heavy atom. The van der Waals surface area contributed by atoms with Crippen molar-refractivity contribution in [2.75, 3.05) is 0 Å². The van der Waals surface area contributed by atoms with Gasteiger partial charge in [0.05, 0.1) is 0 Å². The molecule has 2 nitrogen and oxygen atoms in total. The smallest absolute Gasteiger partial charge is 0.133 e. The maximum Gasteiger partial charge on any atom is 0.133 e. The van der Waals surface area contributed by atoms with Gasteiger partial charge in [0.1, 0.15) is 11.4 Å². The van der Waals surface area contributed by atoms with Crippen LogP contribution in [0.5, 0.6) is 0 Å². The normalized spacial score (nSPS) is 46.0. The maximum atomic E-state index is 11.8. The van der Waals surface area contributed by atoms with Crippen LogP contribution in [0.4, 0.5) is 0 Å². The first kappa shape index (κ1) is 15.5. The van der Waals surface area contributed by atoms with Gasteiger partial charge >= 0.3 is 0 Å². The molecule has 0 aromatic carbocycles.